The third kappa shape index (κ3) is 4.74. The Morgan fingerprint density at radius 2 is 1.48 bits per heavy atom. The van der Waals surface area contributed by atoms with Crippen molar-refractivity contribution in [1.82, 2.24) is 0 Å². The summed E-state index contributed by atoms with van der Waals surface area (Å²) in [5, 5.41) is 0. The highest BCUT2D eigenvalue weighted by molar-refractivity contribution is 5.15. The van der Waals surface area contributed by atoms with Crippen molar-refractivity contribution in [2.24, 2.45) is 23.7 Å². The van der Waals surface area contributed by atoms with Crippen LogP contribution < -0.4 is 0 Å². The van der Waals surface area contributed by atoms with E-state index in [0.717, 1.165) is 23.7 Å². The van der Waals surface area contributed by atoms with Crippen LogP contribution in [0.25, 0.3) is 0 Å². The zero-order chi connectivity index (χ0) is 16.1. The van der Waals surface area contributed by atoms with E-state index >= 15 is 0 Å². The standard InChI is InChI=1S/C23H38/c1-18-13-15-22(16-14-18)23(21-11-7-4-8-12-21)17-19(2)20-9-5-3-6-10-20/h9,11,18-19,22-23H,3-8,10,12-17H2,1-2H3. The number of allylic oxidation sites excluding steroid dienone is 4. The lowest BCUT2D eigenvalue weighted by Crippen LogP contribution is -2.25. The topological polar surface area (TPSA) is 0 Å². The van der Waals surface area contributed by atoms with Crippen LogP contribution >= 0.6 is 0 Å². The van der Waals surface area contributed by atoms with Crippen molar-refractivity contribution in [1.29, 1.82) is 0 Å². The molecule has 0 nitrogen and oxygen atoms in total. The first kappa shape index (κ1) is 17.3. The van der Waals surface area contributed by atoms with E-state index in [0.29, 0.717) is 0 Å². The van der Waals surface area contributed by atoms with E-state index in [4.69, 9.17) is 0 Å². The minimum absolute atomic E-state index is 0.822. The summed E-state index contributed by atoms with van der Waals surface area (Å²) in [5.74, 6) is 3.69. The van der Waals surface area contributed by atoms with Crippen molar-refractivity contribution in [2.45, 2.75) is 97.3 Å². The molecule has 3 aliphatic rings. The molecule has 0 aliphatic heterocycles. The quantitative estimate of drug-likeness (QED) is 0.462. The summed E-state index contributed by atoms with van der Waals surface area (Å²) < 4.78 is 0. The molecule has 0 radical (unpaired) electrons. The van der Waals surface area contributed by atoms with E-state index in [1.165, 1.54) is 83.5 Å². The van der Waals surface area contributed by atoms with Gasteiger partial charge in [-0.05, 0) is 94.3 Å². The van der Waals surface area contributed by atoms with Gasteiger partial charge in [0.25, 0.3) is 0 Å². The minimum atomic E-state index is 0.822. The highest BCUT2D eigenvalue weighted by atomic mass is 14.4. The second-order valence-electron chi connectivity index (χ2n) is 8.81. The summed E-state index contributed by atoms with van der Waals surface area (Å²) in [4.78, 5) is 0. The van der Waals surface area contributed by atoms with E-state index in [1.807, 2.05) is 5.57 Å². The normalized spacial score (nSPS) is 31.9. The molecule has 23 heavy (non-hydrogen) atoms. The van der Waals surface area contributed by atoms with Gasteiger partial charge in [0.15, 0.2) is 0 Å². The van der Waals surface area contributed by atoms with Gasteiger partial charge in [-0.1, -0.05) is 50.0 Å². The summed E-state index contributed by atoms with van der Waals surface area (Å²) in [5.41, 5.74) is 3.65. The Morgan fingerprint density at radius 3 is 2.04 bits per heavy atom. The molecule has 0 spiro atoms. The van der Waals surface area contributed by atoms with Gasteiger partial charge < -0.3 is 0 Å². The summed E-state index contributed by atoms with van der Waals surface area (Å²) in [7, 11) is 0. The van der Waals surface area contributed by atoms with Gasteiger partial charge in [-0.3, -0.25) is 0 Å². The molecule has 2 unspecified atom stereocenters. The van der Waals surface area contributed by atoms with Crippen LogP contribution in [-0.2, 0) is 0 Å². The number of hydrogen-bond acceptors (Lipinski definition) is 0. The van der Waals surface area contributed by atoms with E-state index in [9.17, 15) is 0 Å². The van der Waals surface area contributed by atoms with Crippen molar-refractivity contribution < 1.29 is 0 Å². The van der Waals surface area contributed by atoms with Crippen LogP contribution in [0.3, 0.4) is 0 Å². The van der Waals surface area contributed by atoms with Gasteiger partial charge in [0.1, 0.15) is 0 Å². The first-order chi connectivity index (χ1) is 11.2. The molecular weight excluding hydrogens is 276 g/mol. The highest BCUT2D eigenvalue weighted by Crippen LogP contribution is 2.43. The molecule has 1 saturated carbocycles. The Labute approximate surface area is 144 Å². The highest BCUT2D eigenvalue weighted by Gasteiger charge is 2.30. The molecule has 0 amide bonds. The summed E-state index contributed by atoms with van der Waals surface area (Å²) >= 11 is 0. The van der Waals surface area contributed by atoms with Crippen LogP contribution in [0.15, 0.2) is 23.3 Å². The van der Waals surface area contributed by atoms with Gasteiger partial charge >= 0.3 is 0 Å². The van der Waals surface area contributed by atoms with Crippen molar-refractivity contribution in [3.63, 3.8) is 0 Å². The molecule has 0 aromatic rings. The van der Waals surface area contributed by atoms with Gasteiger partial charge in [-0.25, -0.2) is 0 Å². The summed E-state index contributed by atoms with van der Waals surface area (Å²) in [6, 6.07) is 0. The molecule has 3 rings (SSSR count). The van der Waals surface area contributed by atoms with Crippen molar-refractivity contribution >= 4 is 0 Å². The predicted molar refractivity (Wildman–Crippen MR) is 101 cm³/mol. The Hall–Kier alpha value is -0.520. The second kappa shape index (κ2) is 8.54. The van der Waals surface area contributed by atoms with Crippen LogP contribution in [0, 0.1) is 23.7 Å². The average Bonchev–Trinajstić information content (AvgIpc) is 2.62. The van der Waals surface area contributed by atoms with Gasteiger partial charge in [-0.2, -0.15) is 0 Å². The van der Waals surface area contributed by atoms with Crippen LogP contribution in [-0.4, -0.2) is 0 Å². The first-order valence-electron chi connectivity index (χ1n) is 10.6. The summed E-state index contributed by atoms with van der Waals surface area (Å²) in [6.07, 6.45) is 23.8. The predicted octanol–water partition coefficient (Wildman–Crippen LogP) is 7.46. The lowest BCUT2D eigenvalue weighted by atomic mass is 9.68. The third-order valence-electron chi connectivity index (χ3n) is 7.00. The van der Waals surface area contributed by atoms with Gasteiger partial charge in [0.05, 0.1) is 0 Å². The fraction of sp³-hybridized carbons (Fsp3) is 0.826. The van der Waals surface area contributed by atoms with Crippen LogP contribution in [0.4, 0.5) is 0 Å². The second-order valence-corrected chi connectivity index (χ2v) is 8.81. The molecule has 1 fully saturated rings. The molecule has 0 heteroatoms. The maximum absolute atomic E-state index is 2.65. The average molecular weight is 315 g/mol. The monoisotopic (exact) mass is 314 g/mol. The van der Waals surface area contributed by atoms with Crippen molar-refractivity contribution in [3.05, 3.63) is 23.3 Å². The van der Waals surface area contributed by atoms with E-state index in [-0.39, 0.29) is 0 Å². The smallest absolute Gasteiger partial charge is 0.0169 e. The van der Waals surface area contributed by atoms with Crippen LogP contribution in [0.5, 0.6) is 0 Å². The molecule has 3 aliphatic carbocycles. The molecule has 0 saturated heterocycles. The van der Waals surface area contributed by atoms with Crippen LogP contribution in [0.2, 0.25) is 0 Å². The zero-order valence-electron chi connectivity index (χ0n) is 15.7. The molecule has 0 bridgehead atoms. The van der Waals surface area contributed by atoms with Crippen molar-refractivity contribution in [2.75, 3.05) is 0 Å². The Balaban J connectivity index is 1.69. The maximum atomic E-state index is 2.65. The van der Waals surface area contributed by atoms with E-state index in [2.05, 4.69) is 26.0 Å². The molecule has 130 valence electrons. The SMILES string of the molecule is CC1CCC(C(CC(C)C2=CCCCC2)C2=CCCCC2)CC1. The molecule has 0 aromatic carbocycles. The number of rotatable bonds is 5. The van der Waals surface area contributed by atoms with Gasteiger partial charge in [0, 0.05) is 0 Å². The van der Waals surface area contributed by atoms with E-state index in [1.54, 1.807) is 5.57 Å². The molecule has 0 N–H and O–H groups in total. The fourth-order valence-electron chi connectivity index (χ4n) is 5.38. The molecule has 0 heterocycles. The fourth-order valence-corrected chi connectivity index (χ4v) is 5.38. The maximum Gasteiger partial charge on any atom is -0.0169 e. The Kier molecular flexibility index (Phi) is 6.43. The largest absolute Gasteiger partial charge is 0.0851 e. The zero-order valence-corrected chi connectivity index (χ0v) is 15.7. The lowest BCUT2D eigenvalue weighted by molar-refractivity contribution is 0.210. The Bertz CT molecular complexity index is 419. The Morgan fingerprint density at radius 1 is 0.870 bits per heavy atom. The lowest BCUT2D eigenvalue weighted by Gasteiger charge is -2.37. The number of hydrogen-bond donors (Lipinski definition) is 0. The summed E-state index contributed by atoms with van der Waals surface area (Å²) in [6.45, 7) is 4.99. The molecule has 2 atom stereocenters. The van der Waals surface area contributed by atoms with Gasteiger partial charge in [-0.15, -0.1) is 0 Å². The first-order valence-corrected chi connectivity index (χ1v) is 10.6. The van der Waals surface area contributed by atoms with E-state index < -0.39 is 0 Å². The van der Waals surface area contributed by atoms with Gasteiger partial charge in [0.2, 0.25) is 0 Å². The molecular formula is C23H38. The van der Waals surface area contributed by atoms with Crippen molar-refractivity contribution in [3.8, 4) is 0 Å². The molecule has 0 aromatic heterocycles. The minimum Gasteiger partial charge on any atom is -0.0851 e. The van der Waals surface area contributed by atoms with Crippen LogP contribution in [0.1, 0.15) is 97.3 Å². The third-order valence-corrected chi connectivity index (χ3v) is 7.00.